The molecule has 0 spiro atoms. The van der Waals surface area contributed by atoms with Gasteiger partial charge in [-0.15, -0.1) is 0 Å². The number of aromatic amines is 1. The van der Waals surface area contributed by atoms with E-state index in [9.17, 15) is 9.59 Å². The third kappa shape index (κ3) is 5.13. The zero-order valence-electron chi connectivity index (χ0n) is 17.6. The zero-order valence-corrected chi connectivity index (χ0v) is 17.6. The standard InChI is InChI=1S/C21H29N5O3/c1-5-25(12-8-15-6-10-22-11-7-15)19(27)18-16-14-26(13-9-17(16)23-24-18)20(28)29-21(2,3)4/h6-7,10-11H,5,8-9,12-14H2,1-4H3,(H,23,24). The number of fused-ring (bicyclic) bond motifs is 1. The third-order valence-corrected chi connectivity index (χ3v) is 4.88. The summed E-state index contributed by atoms with van der Waals surface area (Å²) < 4.78 is 5.48. The van der Waals surface area contributed by atoms with E-state index in [0.717, 1.165) is 23.2 Å². The van der Waals surface area contributed by atoms with Crippen LogP contribution in [0, 0.1) is 0 Å². The van der Waals surface area contributed by atoms with Crippen molar-refractivity contribution in [2.45, 2.75) is 52.7 Å². The average Bonchev–Trinajstić information content (AvgIpc) is 3.11. The highest BCUT2D eigenvalue weighted by atomic mass is 16.6. The van der Waals surface area contributed by atoms with Gasteiger partial charge in [-0.25, -0.2) is 4.79 Å². The Morgan fingerprint density at radius 3 is 2.66 bits per heavy atom. The van der Waals surface area contributed by atoms with Crippen LogP contribution < -0.4 is 0 Å². The number of pyridine rings is 1. The summed E-state index contributed by atoms with van der Waals surface area (Å²) in [6, 6.07) is 3.90. The number of ether oxygens (including phenoxy) is 1. The molecule has 0 aliphatic carbocycles. The van der Waals surface area contributed by atoms with Gasteiger partial charge in [-0.05, 0) is 51.8 Å². The summed E-state index contributed by atoms with van der Waals surface area (Å²) in [7, 11) is 0. The van der Waals surface area contributed by atoms with Crippen molar-refractivity contribution >= 4 is 12.0 Å². The molecule has 0 aromatic carbocycles. The van der Waals surface area contributed by atoms with Gasteiger partial charge in [-0.3, -0.25) is 14.9 Å². The number of nitrogens with zero attached hydrogens (tertiary/aromatic N) is 4. The van der Waals surface area contributed by atoms with Crippen LogP contribution in [0.15, 0.2) is 24.5 Å². The number of carbonyl (C=O) groups is 2. The van der Waals surface area contributed by atoms with Gasteiger partial charge in [-0.2, -0.15) is 5.10 Å². The topological polar surface area (TPSA) is 91.4 Å². The van der Waals surface area contributed by atoms with Crippen molar-refractivity contribution in [1.29, 1.82) is 0 Å². The summed E-state index contributed by atoms with van der Waals surface area (Å²) in [5, 5.41) is 7.27. The van der Waals surface area contributed by atoms with Crippen molar-refractivity contribution in [2.75, 3.05) is 19.6 Å². The molecule has 8 nitrogen and oxygen atoms in total. The van der Waals surface area contributed by atoms with Crippen molar-refractivity contribution in [1.82, 2.24) is 25.0 Å². The second-order valence-electron chi connectivity index (χ2n) is 8.17. The summed E-state index contributed by atoms with van der Waals surface area (Å²) in [6.45, 7) is 9.52. The lowest BCUT2D eigenvalue weighted by Crippen LogP contribution is -2.40. The maximum Gasteiger partial charge on any atom is 0.410 e. The molecule has 0 saturated heterocycles. The van der Waals surface area contributed by atoms with Crippen LogP contribution in [-0.4, -0.2) is 62.2 Å². The molecule has 8 heteroatoms. The summed E-state index contributed by atoms with van der Waals surface area (Å²) in [5.74, 6) is -0.120. The Balaban J connectivity index is 1.71. The first-order chi connectivity index (χ1) is 13.8. The summed E-state index contributed by atoms with van der Waals surface area (Å²) >= 11 is 0. The first-order valence-corrected chi connectivity index (χ1v) is 10.0. The van der Waals surface area contributed by atoms with Crippen LogP contribution in [0.25, 0.3) is 0 Å². The molecule has 2 aromatic rings. The molecule has 0 bridgehead atoms. The maximum absolute atomic E-state index is 13.1. The van der Waals surface area contributed by atoms with E-state index in [4.69, 9.17) is 4.74 Å². The number of amides is 2. The van der Waals surface area contributed by atoms with Crippen LogP contribution in [0.1, 0.15) is 55.0 Å². The van der Waals surface area contributed by atoms with E-state index in [1.165, 1.54) is 0 Å². The van der Waals surface area contributed by atoms with Crippen LogP contribution in [-0.2, 0) is 24.1 Å². The lowest BCUT2D eigenvalue weighted by Gasteiger charge is -2.30. The minimum absolute atomic E-state index is 0.120. The maximum atomic E-state index is 13.1. The summed E-state index contributed by atoms with van der Waals surface area (Å²) in [6.07, 6.45) is 4.51. The van der Waals surface area contributed by atoms with Crippen molar-refractivity contribution in [2.24, 2.45) is 0 Å². The second-order valence-corrected chi connectivity index (χ2v) is 8.17. The van der Waals surface area contributed by atoms with Crippen LogP contribution in [0.2, 0.25) is 0 Å². The number of H-pyrrole nitrogens is 1. The number of carbonyl (C=O) groups excluding carboxylic acids is 2. The van der Waals surface area contributed by atoms with Gasteiger partial charge < -0.3 is 14.5 Å². The van der Waals surface area contributed by atoms with Crippen LogP contribution in [0.3, 0.4) is 0 Å². The first-order valence-electron chi connectivity index (χ1n) is 10.0. The Labute approximate surface area is 171 Å². The Hall–Kier alpha value is -2.90. The molecule has 0 atom stereocenters. The van der Waals surface area contributed by atoms with E-state index in [1.54, 1.807) is 22.2 Å². The SMILES string of the molecule is CCN(CCc1ccncc1)C(=O)c1n[nH]c2c1CN(C(=O)OC(C)(C)C)CC2. The quantitative estimate of drug-likeness (QED) is 0.835. The smallest absolute Gasteiger partial charge is 0.410 e. The molecule has 3 rings (SSSR count). The van der Waals surface area contributed by atoms with Gasteiger partial charge >= 0.3 is 6.09 Å². The van der Waals surface area contributed by atoms with Crippen molar-refractivity contribution in [3.05, 3.63) is 47.0 Å². The Bertz CT molecular complexity index is 857. The van der Waals surface area contributed by atoms with Crippen LogP contribution >= 0.6 is 0 Å². The number of likely N-dealkylation sites (N-methyl/N-ethyl adjacent to an activating group) is 1. The molecule has 0 saturated carbocycles. The van der Waals surface area contributed by atoms with Crippen molar-refractivity contribution < 1.29 is 14.3 Å². The number of rotatable bonds is 5. The number of hydrogen-bond acceptors (Lipinski definition) is 5. The fourth-order valence-electron chi connectivity index (χ4n) is 3.32. The lowest BCUT2D eigenvalue weighted by atomic mass is 10.0. The fourth-order valence-corrected chi connectivity index (χ4v) is 3.32. The number of nitrogens with one attached hydrogen (secondary N) is 1. The predicted molar refractivity (Wildman–Crippen MR) is 108 cm³/mol. The van der Waals surface area contributed by atoms with Crippen molar-refractivity contribution in [3.8, 4) is 0 Å². The van der Waals surface area contributed by atoms with E-state index in [2.05, 4.69) is 15.2 Å². The zero-order chi connectivity index (χ0) is 21.0. The average molecular weight is 399 g/mol. The predicted octanol–water partition coefficient (Wildman–Crippen LogP) is 2.80. The molecule has 2 aromatic heterocycles. The van der Waals surface area contributed by atoms with E-state index in [0.29, 0.717) is 38.3 Å². The highest BCUT2D eigenvalue weighted by molar-refractivity contribution is 5.94. The molecule has 29 heavy (non-hydrogen) atoms. The highest BCUT2D eigenvalue weighted by Crippen LogP contribution is 2.23. The van der Waals surface area contributed by atoms with Crippen molar-refractivity contribution in [3.63, 3.8) is 0 Å². The van der Waals surface area contributed by atoms with Gasteiger partial charge in [0.2, 0.25) is 0 Å². The Kier molecular flexibility index (Phi) is 6.20. The molecule has 1 N–H and O–H groups in total. The molecule has 0 fully saturated rings. The fraction of sp³-hybridized carbons (Fsp3) is 0.524. The minimum atomic E-state index is -0.557. The molecule has 1 aliphatic heterocycles. The third-order valence-electron chi connectivity index (χ3n) is 4.88. The van der Waals surface area contributed by atoms with Gasteiger partial charge in [0.05, 0.1) is 6.54 Å². The summed E-state index contributed by atoms with van der Waals surface area (Å²) in [4.78, 5) is 33.0. The molecular weight excluding hydrogens is 370 g/mol. The largest absolute Gasteiger partial charge is 0.444 e. The molecule has 0 radical (unpaired) electrons. The normalized spacial score (nSPS) is 13.7. The Morgan fingerprint density at radius 2 is 2.00 bits per heavy atom. The molecule has 1 aliphatic rings. The Morgan fingerprint density at radius 1 is 1.28 bits per heavy atom. The first kappa shape index (κ1) is 20.8. The van der Waals surface area contributed by atoms with E-state index in [-0.39, 0.29) is 12.0 Å². The molecule has 2 amide bonds. The van der Waals surface area contributed by atoms with Gasteiger partial charge in [0.25, 0.3) is 5.91 Å². The van der Waals surface area contributed by atoms with Gasteiger partial charge in [0, 0.05) is 49.7 Å². The van der Waals surface area contributed by atoms with Crippen LogP contribution in [0.5, 0.6) is 0 Å². The highest BCUT2D eigenvalue weighted by Gasteiger charge is 2.31. The van der Waals surface area contributed by atoms with Gasteiger partial charge in [0.15, 0.2) is 5.69 Å². The van der Waals surface area contributed by atoms with E-state index >= 15 is 0 Å². The lowest BCUT2D eigenvalue weighted by molar-refractivity contribution is 0.0222. The molecule has 3 heterocycles. The van der Waals surface area contributed by atoms with Gasteiger partial charge in [-0.1, -0.05) is 0 Å². The summed E-state index contributed by atoms with van der Waals surface area (Å²) in [5.41, 5.74) is 2.67. The van der Waals surface area contributed by atoms with Crippen LogP contribution in [0.4, 0.5) is 4.79 Å². The monoisotopic (exact) mass is 399 g/mol. The molecule has 156 valence electrons. The van der Waals surface area contributed by atoms with E-state index < -0.39 is 5.60 Å². The number of aromatic nitrogens is 3. The van der Waals surface area contributed by atoms with E-state index in [1.807, 2.05) is 39.8 Å². The molecular formula is C21H29N5O3. The molecule has 0 unspecified atom stereocenters. The minimum Gasteiger partial charge on any atom is -0.444 e. The van der Waals surface area contributed by atoms with Gasteiger partial charge in [0.1, 0.15) is 5.60 Å². The second kappa shape index (κ2) is 8.63. The number of hydrogen-bond donors (Lipinski definition) is 1.